The van der Waals surface area contributed by atoms with Gasteiger partial charge in [-0.25, -0.2) is 0 Å². The molecule has 0 spiro atoms. The predicted octanol–water partition coefficient (Wildman–Crippen LogP) is 3.46. The highest BCUT2D eigenvalue weighted by Crippen LogP contribution is 2.24. The number of hydrogen-bond acceptors (Lipinski definition) is 3. The van der Waals surface area contributed by atoms with Crippen LogP contribution < -0.4 is 4.74 Å². The van der Waals surface area contributed by atoms with Gasteiger partial charge in [0.05, 0.1) is 11.5 Å². The van der Waals surface area contributed by atoms with Gasteiger partial charge in [0.2, 0.25) is 5.82 Å². The van der Waals surface area contributed by atoms with E-state index in [1.54, 1.807) is 0 Å². The van der Waals surface area contributed by atoms with Crippen molar-refractivity contribution < 1.29 is 27.2 Å². The zero-order valence-corrected chi connectivity index (χ0v) is 9.04. The van der Waals surface area contributed by atoms with Crippen molar-refractivity contribution in [3.05, 3.63) is 34.1 Å². The van der Waals surface area contributed by atoms with Crippen molar-refractivity contribution in [2.45, 2.75) is 19.0 Å². The Morgan fingerprint density at radius 1 is 1.33 bits per heavy atom. The molecule has 0 aliphatic carbocycles. The summed E-state index contributed by atoms with van der Waals surface area (Å²) in [5, 5.41) is 10.3. The lowest BCUT2D eigenvalue weighted by atomic mass is 10.3. The Morgan fingerprint density at radius 2 is 2.00 bits per heavy atom. The van der Waals surface area contributed by atoms with Crippen molar-refractivity contribution in [2.75, 3.05) is 6.61 Å². The molecule has 0 saturated heterocycles. The van der Waals surface area contributed by atoms with E-state index in [9.17, 15) is 27.7 Å². The van der Waals surface area contributed by atoms with Gasteiger partial charge in [-0.1, -0.05) is 0 Å². The molecule has 1 aromatic carbocycles. The minimum atomic E-state index is -4.26. The summed E-state index contributed by atoms with van der Waals surface area (Å²) >= 11 is 0. The van der Waals surface area contributed by atoms with E-state index in [0.717, 1.165) is 18.2 Å². The van der Waals surface area contributed by atoms with Crippen LogP contribution in [0.25, 0.3) is 0 Å². The summed E-state index contributed by atoms with van der Waals surface area (Å²) in [6.45, 7) is -0.239. The summed E-state index contributed by atoms with van der Waals surface area (Å²) in [5.41, 5.74) is -0.711. The van der Waals surface area contributed by atoms with Crippen LogP contribution >= 0.6 is 0 Å². The first-order chi connectivity index (χ1) is 8.29. The minimum Gasteiger partial charge on any atom is -0.493 e. The van der Waals surface area contributed by atoms with Crippen LogP contribution in [0.1, 0.15) is 12.8 Å². The number of benzene rings is 1. The summed E-state index contributed by atoms with van der Waals surface area (Å²) in [4.78, 5) is 9.40. The first-order valence-corrected chi connectivity index (χ1v) is 4.93. The van der Waals surface area contributed by atoms with Crippen LogP contribution in [0.3, 0.4) is 0 Å². The second-order valence-corrected chi connectivity index (χ2v) is 3.44. The van der Waals surface area contributed by atoms with E-state index >= 15 is 0 Å². The van der Waals surface area contributed by atoms with E-state index in [1.165, 1.54) is 0 Å². The van der Waals surface area contributed by atoms with Crippen molar-refractivity contribution in [2.24, 2.45) is 0 Å². The van der Waals surface area contributed by atoms with Gasteiger partial charge >= 0.3 is 11.9 Å². The second kappa shape index (κ2) is 5.65. The molecule has 0 fully saturated rings. The molecule has 0 radical (unpaired) electrons. The highest BCUT2D eigenvalue weighted by Gasteiger charge is 2.26. The number of alkyl halides is 3. The van der Waals surface area contributed by atoms with Crippen LogP contribution in [0.5, 0.6) is 5.75 Å². The Morgan fingerprint density at radius 3 is 2.50 bits per heavy atom. The van der Waals surface area contributed by atoms with Gasteiger partial charge in [0.15, 0.2) is 0 Å². The molecule has 0 amide bonds. The maximum atomic E-state index is 13.1. The number of nitrogens with zero attached hydrogens (tertiary/aromatic N) is 1. The SMILES string of the molecule is O=[N+]([O-])c1ccc(OCCCC(F)(F)F)cc1F. The normalized spacial score (nSPS) is 11.3. The maximum Gasteiger partial charge on any atom is 0.389 e. The molecule has 0 atom stereocenters. The Kier molecular flexibility index (Phi) is 4.46. The number of halogens is 4. The number of hydrogen-bond donors (Lipinski definition) is 0. The minimum absolute atomic E-state index is 0.0414. The first-order valence-electron chi connectivity index (χ1n) is 4.93. The molecule has 0 N–H and O–H groups in total. The molecule has 1 aromatic rings. The van der Waals surface area contributed by atoms with Gasteiger partial charge in [0.25, 0.3) is 0 Å². The predicted molar refractivity (Wildman–Crippen MR) is 53.8 cm³/mol. The van der Waals surface area contributed by atoms with Crippen LogP contribution in [0.4, 0.5) is 23.2 Å². The van der Waals surface area contributed by atoms with Gasteiger partial charge in [0.1, 0.15) is 5.75 Å². The summed E-state index contributed by atoms with van der Waals surface area (Å²) in [7, 11) is 0. The van der Waals surface area contributed by atoms with Crippen molar-refractivity contribution >= 4 is 5.69 Å². The zero-order valence-electron chi connectivity index (χ0n) is 9.04. The summed E-state index contributed by atoms with van der Waals surface area (Å²) in [6, 6.07) is 2.80. The third kappa shape index (κ3) is 4.56. The van der Waals surface area contributed by atoms with Gasteiger partial charge in [-0.3, -0.25) is 10.1 Å². The maximum absolute atomic E-state index is 13.1. The van der Waals surface area contributed by atoms with Crippen molar-refractivity contribution in [1.29, 1.82) is 0 Å². The van der Waals surface area contributed by atoms with Crippen molar-refractivity contribution in [3.63, 3.8) is 0 Å². The number of nitro benzene ring substituents is 1. The Balaban J connectivity index is 2.49. The Hall–Kier alpha value is -1.86. The number of ether oxygens (including phenoxy) is 1. The van der Waals surface area contributed by atoms with Gasteiger partial charge in [-0.15, -0.1) is 0 Å². The lowest BCUT2D eigenvalue weighted by molar-refractivity contribution is -0.387. The van der Waals surface area contributed by atoms with Crippen LogP contribution in [0, 0.1) is 15.9 Å². The Bertz CT molecular complexity index is 434. The third-order valence-corrected chi connectivity index (χ3v) is 1.99. The molecule has 0 saturated carbocycles. The quantitative estimate of drug-likeness (QED) is 0.355. The van der Waals surface area contributed by atoms with Gasteiger partial charge in [0, 0.05) is 18.6 Å². The smallest absolute Gasteiger partial charge is 0.389 e. The average molecular weight is 267 g/mol. The highest BCUT2D eigenvalue weighted by molar-refractivity contribution is 5.37. The summed E-state index contributed by atoms with van der Waals surface area (Å²) in [5.74, 6) is -1.13. The Labute approximate surface area is 99.3 Å². The molecule has 4 nitrogen and oxygen atoms in total. The van der Waals surface area contributed by atoms with Crippen molar-refractivity contribution in [1.82, 2.24) is 0 Å². The monoisotopic (exact) mass is 267 g/mol. The molecule has 0 unspecified atom stereocenters. The van der Waals surface area contributed by atoms with Crippen molar-refractivity contribution in [3.8, 4) is 5.75 Å². The molecule has 100 valence electrons. The molecular weight excluding hydrogens is 258 g/mol. The summed E-state index contributed by atoms with van der Waals surface area (Å²) < 4.78 is 53.3. The first kappa shape index (κ1) is 14.2. The van der Waals surface area contributed by atoms with Gasteiger partial charge in [-0.05, 0) is 12.5 Å². The van der Waals surface area contributed by atoms with Crippen LogP contribution in [-0.4, -0.2) is 17.7 Å². The topological polar surface area (TPSA) is 52.4 Å². The van der Waals surface area contributed by atoms with E-state index < -0.39 is 29.0 Å². The molecule has 0 aliphatic rings. The largest absolute Gasteiger partial charge is 0.493 e. The molecule has 1 rings (SSSR count). The standard InChI is InChI=1S/C10H9F4NO3/c11-8-6-7(2-3-9(8)15(16)17)18-5-1-4-10(12,13)14/h2-3,6H,1,4-5H2. The third-order valence-electron chi connectivity index (χ3n) is 1.99. The molecule has 0 heterocycles. The van der Waals surface area contributed by atoms with Crippen LogP contribution in [0.2, 0.25) is 0 Å². The fraction of sp³-hybridized carbons (Fsp3) is 0.400. The zero-order chi connectivity index (χ0) is 13.8. The molecular formula is C10H9F4NO3. The highest BCUT2D eigenvalue weighted by atomic mass is 19.4. The lowest BCUT2D eigenvalue weighted by Gasteiger charge is -2.08. The van der Waals surface area contributed by atoms with E-state index in [4.69, 9.17) is 4.74 Å². The van der Waals surface area contributed by atoms with Crippen LogP contribution in [-0.2, 0) is 0 Å². The molecule has 0 bridgehead atoms. The van der Waals surface area contributed by atoms with E-state index in [0.29, 0.717) is 0 Å². The van der Waals surface area contributed by atoms with Gasteiger partial charge < -0.3 is 4.74 Å². The fourth-order valence-electron chi connectivity index (χ4n) is 1.19. The molecule has 0 aliphatic heterocycles. The molecule has 18 heavy (non-hydrogen) atoms. The summed E-state index contributed by atoms with van der Waals surface area (Å²) in [6.07, 6.45) is -5.52. The number of nitro groups is 1. The van der Waals surface area contributed by atoms with E-state index in [2.05, 4.69) is 0 Å². The molecule has 8 heteroatoms. The van der Waals surface area contributed by atoms with E-state index in [1.807, 2.05) is 0 Å². The number of rotatable bonds is 5. The molecule has 0 aromatic heterocycles. The van der Waals surface area contributed by atoms with Gasteiger partial charge in [-0.2, -0.15) is 17.6 Å². The fourth-order valence-corrected chi connectivity index (χ4v) is 1.19. The average Bonchev–Trinajstić information content (AvgIpc) is 2.22. The second-order valence-electron chi connectivity index (χ2n) is 3.44. The van der Waals surface area contributed by atoms with Crippen LogP contribution in [0.15, 0.2) is 18.2 Å². The lowest BCUT2D eigenvalue weighted by Crippen LogP contribution is -2.09. The van der Waals surface area contributed by atoms with E-state index in [-0.39, 0.29) is 18.8 Å².